The minimum atomic E-state index is -2.17. The van der Waals surface area contributed by atoms with Crippen LogP contribution in [0.15, 0.2) is 176 Å². The van der Waals surface area contributed by atoms with Crippen molar-refractivity contribution in [2.24, 2.45) is 0 Å². The average Bonchev–Trinajstić information content (AvgIpc) is 3.45. The molecule has 0 radical (unpaired) electrons. The Morgan fingerprint density at radius 3 is 1.51 bits per heavy atom. The Bertz CT molecular complexity index is 2860. The second-order valence-electron chi connectivity index (χ2n) is 14.4. The van der Waals surface area contributed by atoms with Gasteiger partial charge in [-0.1, -0.05) is 177 Å². The van der Waals surface area contributed by atoms with Crippen molar-refractivity contribution in [3.63, 3.8) is 0 Å². The van der Waals surface area contributed by atoms with Crippen LogP contribution in [-0.4, -0.2) is 23.0 Å². The number of aromatic nitrogens is 3. The predicted octanol–water partition coefficient (Wildman–Crippen LogP) is 11.3. The second-order valence-corrected chi connectivity index (χ2v) is 18.7. The van der Waals surface area contributed by atoms with E-state index in [1.165, 1.54) is 48.8 Å². The van der Waals surface area contributed by atoms with Crippen molar-refractivity contribution >= 4 is 40.0 Å². The first-order chi connectivity index (χ1) is 26.0. The zero-order valence-corrected chi connectivity index (χ0v) is 30.6. The summed E-state index contributed by atoms with van der Waals surface area (Å²) < 4.78 is 0. The molecule has 0 amide bonds. The third kappa shape index (κ3) is 5.14. The minimum absolute atomic E-state index is 0.666. The monoisotopic (exact) mass is 693 g/mol. The molecule has 9 aromatic rings. The third-order valence-corrected chi connectivity index (χ3v) is 14.5. The Kier molecular flexibility index (Phi) is 7.27. The molecular weight excluding hydrogens is 659 g/mol. The largest absolute Gasteiger partial charge is 0.208 e. The van der Waals surface area contributed by atoms with Gasteiger partial charge in [-0.15, -0.1) is 0 Å². The molecule has 2 heterocycles. The topological polar surface area (TPSA) is 38.7 Å². The van der Waals surface area contributed by atoms with Gasteiger partial charge in [0, 0.05) is 16.7 Å². The summed E-state index contributed by atoms with van der Waals surface area (Å²) >= 11 is 0. The van der Waals surface area contributed by atoms with Gasteiger partial charge in [0.25, 0.3) is 0 Å². The van der Waals surface area contributed by atoms with Crippen molar-refractivity contribution in [3.05, 3.63) is 176 Å². The summed E-state index contributed by atoms with van der Waals surface area (Å²) in [6.07, 6.45) is 0. The zero-order chi connectivity index (χ0) is 35.5. The zero-order valence-electron chi connectivity index (χ0n) is 29.6. The van der Waals surface area contributed by atoms with Crippen LogP contribution in [-0.2, 0) is 0 Å². The van der Waals surface area contributed by atoms with Crippen molar-refractivity contribution in [2.75, 3.05) is 0 Å². The highest BCUT2D eigenvalue weighted by Crippen LogP contribution is 2.39. The number of nitrogens with zero attached hydrogens (tertiary/aromatic N) is 3. The molecule has 0 bridgehead atoms. The predicted molar refractivity (Wildman–Crippen MR) is 224 cm³/mol. The molecule has 1 aliphatic rings. The smallest absolute Gasteiger partial charge is 0.164 e. The van der Waals surface area contributed by atoms with Crippen LogP contribution in [0.25, 0.3) is 89.1 Å². The van der Waals surface area contributed by atoms with Crippen LogP contribution in [0.2, 0.25) is 13.1 Å². The lowest BCUT2D eigenvalue weighted by Gasteiger charge is -2.22. The molecule has 1 aromatic heterocycles. The standard InChI is InChI=1S/C49H35N3Si/c1-53(2)45-31-35-21-10-9-20-34(35)30-44(45)40-26-15-27-43(46(40)53)49-51-47(41-25-14-11-22-36(41)32-16-5-3-6-17-32)50-48(52-49)42-29-28-37(33-18-7-4-8-19-33)38-23-12-13-24-39(38)42/h3-31H,1-2H3. The summed E-state index contributed by atoms with van der Waals surface area (Å²) in [6.45, 7) is 4.94. The quantitative estimate of drug-likeness (QED) is 0.168. The number of hydrogen-bond donors (Lipinski definition) is 0. The van der Waals surface area contributed by atoms with Gasteiger partial charge in [0.15, 0.2) is 17.5 Å². The molecule has 0 N–H and O–H groups in total. The maximum absolute atomic E-state index is 5.42. The number of hydrogen-bond acceptors (Lipinski definition) is 3. The Morgan fingerprint density at radius 2 is 0.811 bits per heavy atom. The SMILES string of the molecule is C[Si]1(C)c2cc3ccccc3cc2-c2cccc(-c3nc(-c4ccccc4-c4ccccc4)nc(-c4ccc(-c5ccccc5)c5ccccc45)n3)c21. The molecule has 0 saturated heterocycles. The summed E-state index contributed by atoms with van der Waals surface area (Å²) in [5.74, 6) is 2.04. The first kappa shape index (κ1) is 31.3. The number of fused-ring (bicyclic) bond motifs is 5. The second kappa shape index (κ2) is 12.3. The van der Waals surface area contributed by atoms with Crippen molar-refractivity contribution in [1.29, 1.82) is 0 Å². The van der Waals surface area contributed by atoms with E-state index in [1.807, 2.05) is 0 Å². The molecule has 53 heavy (non-hydrogen) atoms. The van der Waals surface area contributed by atoms with Crippen molar-refractivity contribution in [1.82, 2.24) is 15.0 Å². The van der Waals surface area contributed by atoms with Gasteiger partial charge >= 0.3 is 0 Å². The lowest BCUT2D eigenvalue weighted by molar-refractivity contribution is 1.08. The molecule has 0 fully saturated rings. The van der Waals surface area contributed by atoms with Crippen LogP contribution < -0.4 is 10.4 Å². The van der Waals surface area contributed by atoms with E-state index in [0.29, 0.717) is 17.5 Å². The van der Waals surface area contributed by atoms with Gasteiger partial charge in [0.05, 0.1) is 0 Å². The first-order valence-electron chi connectivity index (χ1n) is 18.2. The van der Waals surface area contributed by atoms with E-state index in [2.05, 4.69) is 189 Å². The molecule has 1 aliphatic heterocycles. The van der Waals surface area contributed by atoms with E-state index < -0.39 is 8.07 Å². The van der Waals surface area contributed by atoms with Crippen LogP contribution in [0.4, 0.5) is 0 Å². The molecule has 0 saturated carbocycles. The summed E-state index contributed by atoms with van der Waals surface area (Å²) in [7, 11) is -2.17. The van der Waals surface area contributed by atoms with E-state index in [9.17, 15) is 0 Å². The van der Waals surface area contributed by atoms with Gasteiger partial charge in [-0.3, -0.25) is 0 Å². The Balaban J connectivity index is 1.24. The maximum atomic E-state index is 5.42. The molecule has 4 heteroatoms. The molecule has 0 spiro atoms. The number of rotatable bonds is 5. The van der Waals surface area contributed by atoms with Crippen LogP contribution in [0, 0.1) is 0 Å². The Morgan fingerprint density at radius 1 is 0.340 bits per heavy atom. The van der Waals surface area contributed by atoms with Crippen molar-refractivity contribution in [3.8, 4) is 67.5 Å². The maximum Gasteiger partial charge on any atom is 0.164 e. The van der Waals surface area contributed by atoms with Gasteiger partial charge in [0.1, 0.15) is 8.07 Å². The first-order valence-corrected chi connectivity index (χ1v) is 21.2. The summed E-state index contributed by atoms with van der Waals surface area (Å²) in [4.78, 5) is 16.1. The Hall–Kier alpha value is -6.49. The van der Waals surface area contributed by atoms with E-state index >= 15 is 0 Å². The lowest BCUT2D eigenvalue weighted by atomic mass is 9.94. The van der Waals surface area contributed by atoms with Gasteiger partial charge in [-0.2, -0.15) is 0 Å². The molecule has 3 nitrogen and oxygen atoms in total. The van der Waals surface area contributed by atoms with E-state index in [0.717, 1.165) is 33.2 Å². The average molecular weight is 694 g/mol. The van der Waals surface area contributed by atoms with Gasteiger partial charge < -0.3 is 0 Å². The minimum Gasteiger partial charge on any atom is -0.208 e. The van der Waals surface area contributed by atoms with E-state index in [-0.39, 0.29) is 0 Å². The third-order valence-electron chi connectivity index (χ3n) is 10.9. The normalized spacial score (nSPS) is 12.9. The van der Waals surface area contributed by atoms with Gasteiger partial charge in [-0.25, -0.2) is 15.0 Å². The fourth-order valence-corrected chi connectivity index (χ4v) is 11.8. The van der Waals surface area contributed by atoms with Crippen LogP contribution in [0.1, 0.15) is 0 Å². The molecule has 10 rings (SSSR count). The van der Waals surface area contributed by atoms with Crippen LogP contribution >= 0.6 is 0 Å². The van der Waals surface area contributed by atoms with Gasteiger partial charge in [0.2, 0.25) is 0 Å². The van der Waals surface area contributed by atoms with E-state index in [1.54, 1.807) is 0 Å². The highest BCUT2D eigenvalue weighted by molar-refractivity contribution is 7.04. The van der Waals surface area contributed by atoms with Gasteiger partial charge in [-0.05, 0) is 77.4 Å². The molecular formula is C49H35N3Si. The van der Waals surface area contributed by atoms with Crippen LogP contribution in [0.5, 0.6) is 0 Å². The lowest BCUT2D eigenvalue weighted by Crippen LogP contribution is -2.50. The Labute approximate surface area is 310 Å². The molecule has 8 aromatic carbocycles. The highest BCUT2D eigenvalue weighted by atomic mass is 28.3. The van der Waals surface area contributed by atoms with Crippen LogP contribution in [0.3, 0.4) is 0 Å². The van der Waals surface area contributed by atoms with Crippen molar-refractivity contribution in [2.45, 2.75) is 13.1 Å². The fraction of sp³-hybridized carbons (Fsp3) is 0.0408. The highest BCUT2D eigenvalue weighted by Gasteiger charge is 2.40. The van der Waals surface area contributed by atoms with E-state index in [4.69, 9.17) is 15.0 Å². The molecule has 0 atom stereocenters. The number of benzene rings is 8. The summed E-state index contributed by atoms with van der Waals surface area (Å²) in [6, 6.07) is 62.8. The molecule has 0 aliphatic carbocycles. The summed E-state index contributed by atoms with van der Waals surface area (Å²) in [5, 5.41) is 7.68. The fourth-order valence-electron chi connectivity index (χ4n) is 8.40. The molecule has 0 unspecified atom stereocenters. The summed E-state index contributed by atoms with van der Waals surface area (Å²) in [5.41, 5.74) is 10.3. The van der Waals surface area contributed by atoms with Crippen molar-refractivity contribution < 1.29 is 0 Å². The molecule has 250 valence electrons.